The van der Waals surface area contributed by atoms with Gasteiger partial charge in [0.2, 0.25) is 0 Å². The van der Waals surface area contributed by atoms with Crippen molar-refractivity contribution in [2.75, 3.05) is 0 Å². The Morgan fingerprint density at radius 3 is 2.29 bits per heavy atom. The molecule has 0 aliphatic heterocycles. The Bertz CT molecular complexity index is 216. The van der Waals surface area contributed by atoms with E-state index in [2.05, 4.69) is 11.9 Å². The van der Waals surface area contributed by atoms with Gasteiger partial charge in [-0.2, -0.15) is 0 Å². The number of hydrogen-bond donors (Lipinski definition) is 1. The van der Waals surface area contributed by atoms with Crippen LogP contribution in [-0.4, -0.2) is 17.7 Å². The summed E-state index contributed by atoms with van der Waals surface area (Å²) in [5.41, 5.74) is 0.370. The molecule has 14 heavy (non-hydrogen) atoms. The van der Waals surface area contributed by atoms with Gasteiger partial charge in [0.1, 0.15) is 0 Å². The van der Waals surface area contributed by atoms with Crippen LogP contribution in [-0.2, 0) is 9.53 Å². The SMILES string of the molecule is C=C(C)C(=O)OC(CC)NC(C)(C)C. The molecule has 0 saturated heterocycles. The second-order valence-electron chi connectivity index (χ2n) is 4.48. The molecular formula is C11H21NO2. The van der Waals surface area contributed by atoms with Crippen molar-refractivity contribution >= 4 is 5.97 Å². The van der Waals surface area contributed by atoms with E-state index in [0.29, 0.717) is 5.57 Å². The highest BCUT2D eigenvalue weighted by molar-refractivity contribution is 5.87. The van der Waals surface area contributed by atoms with Crippen molar-refractivity contribution in [2.45, 2.75) is 52.8 Å². The maximum absolute atomic E-state index is 11.2. The standard InChI is InChI=1S/C11H21NO2/c1-7-9(12-11(4,5)6)14-10(13)8(2)3/h9,12H,2,7H2,1,3-6H3. The highest BCUT2D eigenvalue weighted by Gasteiger charge is 2.19. The summed E-state index contributed by atoms with van der Waals surface area (Å²) in [4.78, 5) is 11.2. The van der Waals surface area contributed by atoms with E-state index >= 15 is 0 Å². The lowest BCUT2D eigenvalue weighted by molar-refractivity contribution is -0.146. The summed E-state index contributed by atoms with van der Waals surface area (Å²) in [6.45, 7) is 13.2. The molecule has 0 rings (SSSR count). The topological polar surface area (TPSA) is 38.3 Å². The van der Waals surface area contributed by atoms with Crippen LogP contribution in [0.5, 0.6) is 0 Å². The smallest absolute Gasteiger partial charge is 0.334 e. The monoisotopic (exact) mass is 199 g/mol. The molecule has 0 fully saturated rings. The quantitative estimate of drug-likeness (QED) is 0.428. The van der Waals surface area contributed by atoms with Crippen LogP contribution in [0.1, 0.15) is 41.0 Å². The Labute approximate surface area is 86.5 Å². The third-order valence-corrected chi connectivity index (χ3v) is 1.56. The molecule has 1 unspecified atom stereocenters. The van der Waals surface area contributed by atoms with Crippen molar-refractivity contribution in [3.8, 4) is 0 Å². The van der Waals surface area contributed by atoms with Crippen LogP contribution in [0.25, 0.3) is 0 Å². The molecule has 0 aromatic heterocycles. The lowest BCUT2D eigenvalue weighted by atomic mass is 10.1. The van der Waals surface area contributed by atoms with Gasteiger partial charge >= 0.3 is 5.97 Å². The van der Waals surface area contributed by atoms with E-state index in [1.165, 1.54) is 0 Å². The van der Waals surface area contributed by atoms with Gasteiger partial charge < -0.3 is 4.74 Å². The summed E-state index contributed by atoms with van der Waals surface area (Å²) >= 11 is 0. The van der Waals surface area contributed by atoms with Gasteiger partial charge in [-0.3, -0.25) is 5.32 Å². The number of esters is 1. The minimum atomic E-state index is -0.339. The van der Waals surface area contributed by atoms with E-state index in [-0.39, 0.29) is 17.7 Å². The van der Waals surface area contributed by atoms with E-state index in [4.69, 9.17) is 4.74 Å². The predicted octanol–water partition coefficient (Wildman–Crippen LogP) is 2.23. The first-order valence-electron chi connectivity index (χ1n) is 4.90. The number of hydrogen-bond acceptors (Lipinski definition) is 3. The van der Waals surface area contributed by atoms with Crippen molar-refractivity contribution in [1.29, 1.82) is 0 Å². The fraction of sp³-hybridized carbons (Fsp3) is 0.727. The average molecular weight is 199 g/mol. The third kappa shape index (κ3) is 5.75. The van der Waals surface area contributed by atoms with E-state index in [9.17, 15) is 4.79 Å². The molecule has 1 N–H and O–H groups in total. The minimum Gasteiger partial charge on any atom is -0.443 e. The molecule has 0 aromatic carbocycles. The van der Waals surface area contributed by atoms with Crippen molar-refractivity contribution in [1.82, 2.24) is 5.32 Å². The largest absolute Gasteiger partial charge is 0.443 e. The van der Waals surface area contributed by atoms with Crippen LogP contribution in [0.2, 0.25) is 0 Å². The second-order valence-corrected chi connectivity index (χ2v) is 4.48. The van der Waals surface area contributed by atoms with E-state index in [1.807, 2.05) is 27.7 Å². The van der Waals surface area contributed by atoms with Crippen molar-refractivity contribution in [2.24, 2.45) is 0 Å². The van der Waals surface area contributed by atoms with Crippen LogP contribution in [0.3, 0.4) is 0 Å². The lowest BCUT2D eigenvalue weighted by Crippen LogP contribution is -2.45. The molecule has 82 valence electrons. The first kappa shape index (κ1) is 13.2. The molecule has 1 atom stereocenters. The van der Waals surface area contributed by atoms with Crippen LogP contribution >= 0.6 is 0 Å². The fourth-order valence-corrected chi connectivity index (χ4v) is 0.928. The van der Waals surface area contributed by atoms with Crippen molar-refractivity contribution in [3.05, 3.63) is 12.2 Å². The highest BCUT2D eigenvalue weighted by Crippen LogP contribution is 2.06. The number of nitrogens with one attached hydrogen (secondary N) is 1. The first-order valence-corrected chi connectivity index (χ1v) is 4.90. The Balaban J connectivity index is 4.17. The van der Waals surface area contributed by atoms with E-state index in [0.717, 1.165) is 6.42 Å². The number of carbonyl (C=O) groups is 1. The maximum Gasteiger partial charge on any atom is 0.334 e. The summed E-state index contributed by atoms with van der Waals surface area (Å²) in [5, 5.41) is 3.21. The molecule has 0 aromatic rings. The molecule has 0 amide bonds. The van der Waals surface area contributed by atoms with E-state index in [1.54, 1.807) is 6.92 Å². The van der Waals surface area contributed by atoms with Gasteiger partial charge in [0.05, 0.1) is 0 Å². The summed E-state index contributed by atoms with van der Waals surface area (Å²) in [6, 6.07) is 0. The van der Waals surface area contributed by atoms with Gasteiger partial charge in [-0.1, -0.05) is 13.5 Å². The fourth-order valence-electron chi connectivity index (χ4n) is 0.928. The van der Waals surface area contributed by atoms with Gasteiger partial charge in [0, 0.05) is 11.1 Å². The molecule has 0 radical (unpaired) electrons. The Kier molecular flexibility index (Phi) is 4.85. The molecule has 3 heteroatoms. The zero-order valence-corrected chi connectivity index (χ0v) is 9.81. The molecular weight excluding hydrogens is 178 g/mol. The van der Waals surface area contributed by atoms with Crippen LogP contribution in [0.4, 0.5) is 0 Å². The normalized spacial score (nSPS) is 13.5. The summed E-state index contributed by atoms with van der Waals surface area (Å²) in [6.07, 6.45) is 0.509. The van der Waals surface area contributed by atoms with Crippen LogP contribution in [0.15, 0.2) is 12.2 Å². The van der Waals surface area contributed by atoms with Gasteiger partial charge in [0.25, 0.3) is 0 Å². The summed E-state index contributed by atoms with van der Waals surface area (Å²) < 4.78 is 5.19. The molecule has 0 saturated carbocycles. The lowest BCUT2D eigenvalue weighted by Gasteiger charge is -2.27. The molecule has 0 aliphatic rings. The molecule has 0 aliphatic carbocycles. The van der Waals surface area contributed by atoms with Gasteiger partial charge in [-0.25, -0.2) is 4.79 Å². The van der Waals surface area contributed by atoms with E-state index < -0.39 is 0 Å². The molecule has 3 nitrogen and oxygen atoms in total. The van der Waals surface area contributed by atoms with Crippen molar-refractivity contribution in [3.63, 3.8) is 0 Å². The summed E-state index contributed by atoms with van der Waals surface area (Å²) in [5.74, 6) is -0.339. The third-order valence-electron chi connectivity index (χ3n) is 1.56. The van der Waals surface area contributed by atoms with Crippen LogP contribution in [0, 0.1) is 0 Å². The van der Waals surface area contributed by atoms with Crippen LogP contribution < -0.4 is 5.32 Å². The minimum absolute atomic E-state index is 0.0595. The van der Waals surface area contributed by atoms with Crippen molar-refractivity contribution < 1.29 is 9.53 Å². The van der Waals surface area contributed by atoms with Gasteiger partial charge in [-0.15, -0.1) is 0 Å². The zero-order chi connectivity index (χ0) is 11.4. The van der Waals surface area contributed by atoms with Gasteiger partial charge in [0.15, 0.2) is 6.23 Å². The molecule has 0 spiro atoms. The number of carbonyl (C=O) groups excluding carboxylic acids is 1. The first-order chi connectivity index (χ1) is 6.26. The Morgan fingerprint density at radius 1 is 1.50 bits per heavy atom. The predicted molar refractivity (Wildman–Crippen MR) is 57.9 cm³/mol. The number of rotatable bonds is 4. The highest BCUT2D eigenvalue weighted by atomic mass is 16.6. The Morgan fingerprint density at radius 2 is 2.00 bits per heavy atom. The Hall–Kier alpha value is -0.830. The second kappa shape index (κ2) is 5.15. The average Bonchev–Trinajstić information content (AvgIpc) is 2.00. The maximum atomic E-state index is 11.2. The molecule has 0 heterocycles. The zero-order valence-electron chi connectivity index (χ0n) is 9.81. The number of ether oxygens (including phenoxy) is 1. The molecule has 0 bridgehead atoms. The summed E-state index contributed by atoms with van der Waals surface area (Å²) in [7, 11) is 0. The van der Waals surface area contributed by atoms with Gasteiger partial charge in [-0.05, 0) is 34.1 Å².